The molecule has 2 N–H and O–H groups in total. The molecule has 1 aliphatic rings. The van der Waals surface area contributed by atoms with Crippen LogP contribution < -0.4 is 20.1 Å². The number of rotatable bonds is 7. The van der Waals surface area contributed by atoms with E-state index in [1.165, 1.54) is 5.56 Å². The monoisotopic (exact) mass is 481 g/mol. The Morgan fingerprint density at radius 2 is 1.89 bits per heavy atom. The van der Waals surface area contributed by atoms with Crippen molar-refractivity contribution < 1.29 is 9.47 Å². The van der Waals surface area contributed by atoms with Crippen LogP contribution in [0.2, 0.25) is 0 Å². The van der Waals surface area contributed by atoms with Crippen LogP contribution in [0.25, 0.3) is 0 Å². The van der Waals surface area contributed by atoms with E-state index in [2.05, 4.69) is 47.9 Å². The summed E-state index contributed by atoms with van der Waals surface area (Å²) in [6, 6.07) is 16.9. The summed E-state index contributed by atoms with van der Waals surface area (Å²) in [6.07, 6.45) is 1.14. The van der Waals surface area contributed by atoms with Gasteiger partial charge in [0.1, 0.15) is 11.5 Å². The number of hydrogen-bond acceptors (Lipinski definition) is 3. The molecule has 1 aliphatic carbocycles. The third-order valence-corrected chi connectivity index (χ3v) is 4.59. The number of methoxy groups -OCH3 is 2. The molecule has 0 radical (unpaired) electrons. The molecule has 1 fully saturated rings. The summed E-state index contributed by atoms with van der Waals surface area (Å²) < 4.78 is 10.7. The second-order valence-corrected chi connectivity index (χ2v) is 6.38. The van der Waals surface area contributed by atoms with Crippen LogP contribution in [0.3, 0.4) is 0 Å². The molecule has 6 heteroatoms. The van der Waals surface area contributed by atoms with E-state index in [9.17, 15) is 0 Å². The summed E-state index contributed by atoms with van der Waals surface area (Å²) in [5.41, 5.74) is 2.42. The zero-order chi connectivity index (χ0) is 18.4. The van der Waals surface area contributed by atoms with Crippen molar-refractivity contribution in [2.75, 3.05) is 20.8 Å². The molecule has 5 nitrogen and oxygen atoms in total. The van der Waals surface area contributed by atoms with Crippen molar-refractivity contribution in [1.82, 2.24) is 10.6 Å². The lowest BCUT2D eigenvalue weighted by Gasteiger charge is -2.13. The molecule has 1 saturated carbocycles. The summed E-state index contributed by atoms with van der Waals surface area (Å²) in [4.78, 5) is 4.73. The van der Waals surface area contributed by atoms with Gasteiger partial charge in [-0.15, -0.1) is 24.0 Å². The Balaban J connectivity index is 0.00000261. The number of guanidine groups is 1. The van der Waals surface area contributed by atoms with Gasteiger partial charge in [0.05, 0.1) is 20.8 Å². The molecule has 0 bridgehead atoms. The third kappa shape index (κ3) is 5.76. The molecule has 0 spiro atoms. The first-order valence-corrected chi connectivity index (χ1v) is 9.05. The highest BCUT2D eigenvalue weighted by molar-refractivity contribution is 14.0. The fourth-order valence-electron chi connectivity index (χ4n) is 3.07. The number of nitrogens with one attached hydrogen (secondary N) is 2. The average Bonchev–Trinajstić information content (AvgIpc) is 3.46. The van der Waals surface area contributed by atoms with E-state index in [1.807, 2.05) is 18.2 Å². The van der Waals surface area contributed by atoms with Crippen molar-refractivity contribution in [2.24, 2.45) is 4.99 Å². The van der Waals surface area contributed by atoms with E-state index in [0.29, 0.717) is 18.5 Å². The molecule has 146 valence electrons. The van der Waals surface area contributed by atoms with Gasteiger partial charge in [-0.1, -0.05) is 30.3 Å². The Morgan fingerprint density at radius 3 is 2.56 bits per heavy atom. The molecule has 0 aliphatic heterocycles. The number of benzene rings is 2. The lowest BCUT2D eigenvalue weighted by atomic mass is 10.1. The molecule has 3 rings (SSSR count). The SMILES string of the molecule is CCNC(=NCc1ccc(OC)cc1OC)NC1CC1c1ccccc1.I. The van der Waals surface area contributed by atoms with Crippen molar-refractivity contribution in [3.8, 4) is 11.5 Å². The fraction of sp³-hybridized carbons (Fsp3) is 0.381. The predicted molar refractivity (Wildman–Crippen MR) is 121 cm³/mol. The van der Waals surface area contributed by atoms with Gasteiger partial charge in [0, 0.05) is 30.1 Å². The van der Waals surface area contributed by atoms with E-state index in [4.69, 9.17) is 14.5 Å². The van der Waals surface area contributed by atoms with Crippen LogP contribution in [0.1, 0.15) is 30.4 Å². The highest BCUT2D eigenvalue weighted by Crippen LogP contribution is 2.40. The van der Waals surface area contributed by atoms with E-state index < -0.39 is 0 Å². The Bertz CT molecular complexity index is 752. The Morgan fingerprint density at radius 1 is 1.11 bits per heavy atom. The standard InChI is InChI=1S/C21H27N3O2.HI/c1-4-22-21(24-19-13-18(19)15-8-6-5-7-9-15)23-14-16-10-11-17(25-2)12-20(16)26-3;/h5-12,18-19H,4,13-14H2,1-3H3,(H2,22,23,24);1H. The summed E-state index contributed by atoms with van der Waals surface area (Å²) in [5.74, 6) is 2.98. The predicted octanol–water partition coefficient (Wildman–Crippen LogP) is 3.93. The van der Waals surface area contributed by atoms with Crippen LogP contribution in [0.15, 0.2) is 53.5 Å². The first-order valence-electron chi connectivity index (χ1n) is 9.05. The highest BCUT2D eigenvalue weighted by atomic mass is 127. The second-order valence-electron chi connectivity index (χ2n) is 6.38. The van der Waals surface area contributed by atoms with Gasteiger partial charge in [0.15, 0.2) is 5.96 Å². The van der Waals surface area contributed by atoms with Gasteiger partial charge in [-0.3, -0.25) is 0 Å². The minimum Gasteiger partial charge on any atom is -0.497 e. The lowest BCUT2D eigenvalue weighted by molar-refractivity contribution is 0.391. The van der Waals surface area contributed by atoms with Gasteiger partial charge in [-0.25, -0.2) is 4.99 Å². The van der Waals surface area contributed by atoms with Crippen LogP contribution in [0.5, 0.6) is 11.5 Å². The minimum absolute atomic E-state index is 0. The maximum absolute atomic E-state index is 5.46. The van der Waals surface area contributed by atoms with Crippen LogP contribution >= 0.6 is 24.0 Å². The first kappa shape index (κ1) is 21.3. The van der Waals surface area contributed by atoms with Crippen molar-refractivity contribution in [1.29, 1.82) is 0 Å². The van der Waals surface area contributed by atoms with Gasteiger partial charge in [0.2, 0.25) is 0 Å². The Kier molecular flexibility index (Phi) is 8.22. The van der Waals surface area contributed by atoms with E-state index in [-0.39, 0.29) is 24.0 Å². The summed E-state index contributed by atoms with van der Waals surface area (Å²) in [5, 5.41) is 6.87. The van der Waals surface area contributed by atoms with Crippen LogP contribution in [-0.4, -0.2) is 32.8 Å². The summed E-state index contributed by atoms with van der Waals surface area (Å²) in [6.45, 7) is 3.45. The molecule has 0 saturated heterocycles. The first-order chi connectivity index (χ1) is 12.7. The van der Waals surface area contributed by atoms with Crippen molar-refractivity contribution in [2.45, 2.75) is 31.8 Å². The Labute approximate surface area is 178 Å². The molecular formula is C21H28IN3O2. The summed E-state index contributed by atoms with van der Waals surface area (Å²) in [7, 11) is 3.32. The molecule has 0 heterocycles. The van der Waals surface area contributed by atoms with E-state index >= 15 is 0 Å². The van der Waals surface area contributed by atoms with Gasteiger partial charge in [0.25, 0.3) is 0 Å². The number of halogens is 1. The maximum atomic E-state index is 5.46. The molecular weight excluding hydrogens is 453 g/mol. The highest BCUT2D eigenvalue weighted by Gasteiger charge is 2.38. The Hall–Kier alpha value is -1.96. The largest absolute Gasteiger partial charge is 0.497 e. The number of hydrogen-bond donors (Lipinski definition) is 2. The third-order valence-electron chi connectivity index (χ3n) is 4.59. The molecule has 2 aromatic rings. The minimum atomic E-state index is 0. The van der Waals surface area contributed by atoms with Crippen molar-refractivity contribution in [3.05, 3.63) is 59.7 Å². The van der Waals surface area contributed by atoms with Crippen molar-refractivity contribution >= 4 is 29.9 Å². The van der Waals surface area contributed by atoms with Gasteiger partial charge in [-0.2, -0.15) is 0 Å². The zero-order valence-corrected chi connectivity index (χ0v) is 18.4. The molecule has 2 unspecified atom stereocenters. The van der Waals surface area contributed by atoms with E-state index in [0.717, 1.165) is 36.0 Å². The average molecular weight is 481 g/mol. The maximum Gasteiger partial charge on any atom is 0.191 e. The van der Waals surface area contributed by atoms with Crippen LogP contribution in [0.4, 0.5) is 0 Å². The quantitative estimate of drug-likeness (QED) is 0.358. The van der Waals surface area contributed by atoms with Gasteiger partial charge >= 0.3 is 0 Å². The van der Waals surface area contributed by atoms with Crippen LogP contribution in [-0.2, 0) is 6.54 Å². The molecule has 0 amide bonds. The van der Waals surface area contributed by atoms with Crippen molar-refractivity contribution in [3.63, 3.8) is 0 Å². The molecule has 2 atom stereocenters. The topological polar surface area (TPSA) is 54.9 Å². The smallest absolute Gasteiger partial charge is 0.191 e. The second kappa shape index (κ2) is 10.4. The van der Waals surface area contributed by atoms with Gasteiger partial charge < -0.3 is 20.1 Å². The van der Waals surface area contributed by atoms with Crippen LogP contribution in [0, 0.1) is 0 Å². The molecule has 0 aromatic heterocycles. The number of nitrogens with zero attached hydrogens (tertiary/aromatic N) is 1. The lowest BCUT2D eigenvalue weighted by Crippen LogP contribution is -2.39. The number of aliphatic imine (C=N–C) groups is 1. The van der Waals surface area contributed by atoms with Gasteiger partial charge in [-0.05, 0) is 31.0 Å². The zero-order valence-electron chi connectivity index (χ0n) is 16.1. The fourth-order valence-corrected chi connectivity index (χ4v) is 3.07. The molecule has 27 heavy (non-hydrogen) atoms. The summed E-state index contributed by atoms with van der Waals surface area (Å²) >= 11 is 0. The normalized spacial score (nSPS) is 18.3. The van der Waals surface area contributed by atoms with E-state index in [1.54, 1.807) is 14.2 Å². The number of ether oxygens (including phenoxy) is 2. The molecule has 2 aromatic carbocycles.